The van der Waals surface area contributed by atoms with Crippen molar-refractivity contribution in [2.75, 3.05) is 0 Å². The van der Waals surface area contributed by atoms with Crippen LogP contribution in [0.25, 0.3) is 0 Å². The van der Waals surface area contributed by atoms with E-state index in [9.17, 15) is 0 Å². The lowest BCUT2D eigenvalue weighted by Gasteiger charge is -2.10. The predicted octanol–water partition coefficient (Wildman–Crippen LogP) is 2.69. The molecule has 0 saturated heterocycles. The van der Waals surface area contributed by atoms with E-state index in [-0.39, 0.29) is 0 Å². The lowest BCUT2D eigenvalue weighted by molar-refractivity contribution is 1.06. The minimum Gasteiger partial charge on any atom is -0.122 e. The molecule has 0 N–H and O–H groups in total. The number of halogens is 1. The molecule has 0 aliphatic rings. The van der Waals surface area contributed by atoms with Gasteiger partial charge in [0.1, 0.15) is 0 Å². The van der Waals surface area contributed by atoms with Crippen LogP contribution in [0.4, 0.5) is 0 Å². The van der Waals surface area contributed by atoms with Gasteiger partial charge in [-0.1, -0.05) is 44.2 Å². The van der Waals surface area contributed by atoms with Crippen molar-refractivity contribution in [3.63, 3.8) is 0 Å². The minimum atomic E-state index is -0.472. The Morgan fingerprint density at radius 2 is 1.73 bits per heavy atom. The van der Waals surface area contributed by atoms with E-state index in [0.717, 1.165) is 5.54 Å². The molecule has 1 radical (unpaired) electrons. The number of rotatable bonds is 2. The molecule has 0 aliphatic heterocycles. The SMILES string of the molecule is CC(C)[Si](Br)c1ccccc1. The fourth-order valence-electron chi connectivity index (χ4n) is 0.931. The van der Waals surface area contributed by atoms with Crippen molar-refractivity contribution in [3.8, 4) is 0 Å². The van der Waals surface area contributed by atoms with Crippen LogP contribution in [-0.4, -0.2) is 7.42 Å². The van der Waals surface area contributed by atoms with Gasteiger partial charge in [0.25, 0.3) is 0 Å². The van der Waals surface area contributed by atoms with Crippen LogP contribution in [0, 0.1) is 0 Å². The molecule has 1 rings (SSSR count). The van der Waals surface area contributed by atoms with E-state index in [0.29, 0.717) is 0 Å². The third kappa shape index (κ3) is 2.45. The number of hydrogen-bond donors (Lipinski definition) is 0. The van der Waals surface area contributed by atoms with Gasteiger partial charge < -0.3 is 0 Å². The summed E-state index contributed by atoms with van der Waals surface area (Å²) < 4.78 is 0. The molecular weight excluding hydrogens is 216 g/mol. The van der Waals surface area contributed by atoms with E-state index in [2.05, 4.69) is 59.5 Å². The molecule has 0 spiro atoms. The Balaban J connectivity index is 2.77. The van der Waals surface area contributed by atoms with Gasteiger partial charge in [-0.25, -0.2) is 0 Å². The van der Waals surface area contributed by atoms with Crippen LogP contribution < -0.4 is 5.19 Å². The van der Waals surface area contributed by atoms with Gasteiger partial charge in [-0.2, -0.15) is 0 Å². The molecule has 1 aromatic carbocycles. The molecule has 59 valence electrons. The Bertz CT molecular complexity index is 208. The summed E-state index contributed by atoms with van der Waals surface area (Å²) in [4.78, 5) is 0. The molecule has 0 bridgehead atoms. The standard InChI is InChI=1S/C9H12BrSi/c1-8(2)11(10)9-6-4-3-5-7-9/h3-8H,1-2H3. The molecule has 0 nitrogen and oxygen atoms in total. The van der Waals surface area contributed by atoms with Crippen LogP contribution in [0.15, 0.2) is 30.3 Å². The summed E-state index contributed by atoms with van der Waals surface area (Å²) in [5, 5.41) is 1.47. The molecule has 0 amide bonds. The van der Waals surface area contributed by atoms with Crippen molar-refractivity contribution in [2.24, 2.45) is 0 Å². The maximum Gasteiger partial charge on any atom is 0.172 e. The largest absolute Gasteiger partial charge is 0.172 e. The Hall–Kier alpha value is -0.0831. The van der Waals surface area contributed by atoms with E-state index in [1.807, 2.05) is 0 Å². The van der Waals surface area contributed by atoms with Crippen molar-refractivity contribution in [2.45, 2.75) is 19.4 Å². The topological polar surface area (TPSA) is 0 Å². The fourth-order valence-corrected chi connectivity index (χ4v) is 2.90. The van der Waals surface area contributed by atoms with Crippen LogP contribution in [0.2, 0.25) is 5.54 Å². The highest BCUT2D eigenvalue weighted by molar-refractivity contribution is 9.25. The molecule has 0 aliphatic carbocycles. The first-order valence-electron chi connectivity index (χ1n) is 3.79. The van der Waals surface area contributed by atoms with E-state index in [1.165, 1.54) is 5.19 Å². The molecule has 11 heavy (non-hydrogen) atoms. The van der Waals surface area contributed by atoms with Gasteiger partial charge in [0.15, 0.2) is 7.42 Å². The zero-order chi connectivity index (χ0) is 8.27. The summed E-state index contributed by atoms with van der Waals surface area (Å²) in [6.45, 7) is 4.52. The van der Waals surface area contributed by atoms with Gasteiger partial charge in [0.05, 0.1) is 0 Å². The molecule has 2 heteroatoms. The number of benzene rings is 1. The van der Waals surface area contributed by atoms with Gasteiger partial charge in [-0.3, -0.25) is 0 Å². The lowest BCUT2D eigenvalue weighted by atomic mass is 10.4. The Morgan fingerprint density at radius 3 is 2.18 bits per heavy atom. The predicted molar refractivity (Wildman–Crippen MR) is 55.9 cm³/mol. The van der Waals surface area contributed by atoms with Crippen molar-refractivity contribution in [3.05, 3.63) is 30.3 Å². The Labute approximate surface area is 77.8 Å². The van der Waals surface area contributed by atoms with E-state index < -0.39 is 7.42 Å². The van der Waals surface area contributed by atoms with E-state index in [4.69, 9.17) is 0 Å². The molecule has 0 fully saturated rings. The summed E-state index contributed by atoms with van der Waals surface area (Å²) in [5.41, 5.74) is 0.752. The second kappa shape index (κ2) is 4.07. The smallest absolute Gasteiger partial charge is 0.122 e. The maximum atomic E-state index is 3.75. The second-order valence-electron chi connectivity index (χ2n) is 2.87. The molecule has 0 atom stereocenters. The van der Waals surface area contributed by atoms with E-state index in [1.54, 1.807) is 0 Å². The molecule has 0 aromatic heterocycles. The van der Waals surface area contributed by atoms with Crippen molar-refractivity contribution in [1.82, 2.24) is 0 Å². The summed E-state index contributed by atoms with van der Waals surface area (Å²) >= 11 is 3.75. The van der Waals surface area contributed by atoms with Crippen LogP contribution in [-0.2, 0) is 0 Å². The van der Waals surface area contributed by atoms with Crippen molar-refractivity contribution < 1.29 is 0 Å². The lowest BCUT2D eigenvalue weighted by Crippen LogP contribution is -2.25. The van der Waals surface area contributed by atoms with Crippen LogP contribution in [0.5, 0.6) is 0 Å². The molecule has 0 unspecified atom stereocenters. The van der Waals surface area contributed by atoms with Gasteiger partial charge in [-0.05, 0) is 10.7 Å². The number of hydrogen-bond acceptors (Lipinski definition) is 0. The van der Waals surface area contributed by atoms with Crippen molar-refractivity contribution in [1.29, 1.82) is 0 Å². The van der Waals surface area contributed by atoms with Crippen LogP contribution >= 0.6 is 15.3 Å². The minimum absolute atomic E-state index is 0.472. The summed E-state index contributed by atoms with van der Waals surface area (Å²) in [6.07, 6.45) is 0. The summed E-state index contributed by atoms with van der Waals surface area (Å²) in [5.74, 6) is 0. The quantitative estimate of drug-likeness (QED) is 0.539. The van der Waals surface area contributed by atoms with Crippen LogP contribution in [0.1, 0.15) is 13.8 Å². The molecule has 0 saturated carbocycles. The highest BCUT2D eigenvalue weighted by Gasteiger charge is 2.13. The first kappa shape index (κ1) is 9.01. The zero-order valence-corrected chi connectivity index (χ0v) is 9.43. The van der Waals surface area contributed by atoms with Crippen LogP contribution in [0.3, 0.4) is 0 Å². The van der Waals surface area contributed by atoms with Crippen molar-refractivity contribution >= 4 is 27.9 Å². The third-order valence-electron chi connectivity index (χ3n) is 1.56. The fraction of sp³-hybridized carbons (Fsp3) is 0.333. The molecular formula is C9H12BrSi. The normalized spacial score (nSPS) is 11.0. The first-order valence-corrected chi connectivity index (χ1v) is 7.63. The first-order chi connectivity index (χ1) is 5.22. The average molecular weight is 228 g/mol. The highest BCUT2D eigenvalue weighted by Crippen LogP contribution is 2.12. The maximum absolute atomic E-state index is 3.75. The Kier molecular flexibility index (Phi) is 3.33. The van der Waals surface area contributed by atoms with E-state index >= 15 is 0 Å². The summed E-state index contributed by atoms with van der Waals surface area (Å²) in [7, 11) is -0.472. The van der Waals surface area contributed by atoms with Gasteiger partial charge in [0.2, 0.25) is 0 Å². The van der Waals surface area contributed by atoms with Gasteiger partial charge in [0, 0.05) is 0 Å². The summed E-state index contributed by atoms with van der Waals surface area (Å²) in [6, 6.07) is 10.7. The van der Waals surface area contributed by atoms with Gasteiger partial charge in [-0.15, -0.1) is 15.3 Å². The highest BCUT2D eigenvalue weighted by atomic mass is 79.9. The molecule has 0 heterocycles. The zero-order valence-electron chi connectivity index (χ0n) is 6.84. The molecule has 1 aromatic rings. The third-order valence-corrected chi connectivity index (χ3v) is 7.58. The van der Waals surface area contributed by atoms with Gasteiger partial charge >= 0.3 is 0 Å². The average Bonchev–Trinajstić information content (AvgIpc) is 2.05. The monoisotopic (exact) mass is 227 g/mol. The Morgan fingerprint density at radius 1 is 1.18 bits per heavy atom. The second-order valence-corrected chi connectivity index (χ2v) is 7.86.